The van der Waals surface area contributed by atoms with E-state index in [1.807, 2.05) is 74.8 Å². The quantitative estimate of drug-likeness (QED) is 0.0651. The maximum atomic E-state index is 14.4. The second-order valence-electron chi connectivity index (χ2n) is 15.9. The number of fused-ring (bicyclic) bond motifs is 2. The van der Waals surface area contributed by atoms with Crippen molar-refractivity contribution in [3.05, 3.63) is 173 Å². The van der Waals surface area contributed by atoms with Crippen LogP contribution in [0, 0.1) is 0 Å². The molecule has 1 aromatic heterocycles. The monoisotopic (exact) mass is 859 g/mol. The minimum atomic E-state index is -1.13. The summed E-state index contributed by atoms with van der Waals surface area (Å²) in [5.41, 5.74) is 4.11. The largest absolute Gasteiger partial charge is 0.481 e. The van der Waals surface area contributed by atoms with Gasteiger partial charge in [-0.2, -0.15) is 0 Å². The minimum absolute atomic E-state index is 0.222. The Hall–Kier alpha value is -7.35. The summed E-state index contributed by atoms with van der Waals surface area (Å²) in [7, 11) is 3.66. The van der Waals surface area contributed by atoms with Gasteiger partial charge in [0.25, 0.3) is 11.8 Å². The van der Waals surface area contributed by atoms with Gasteiger partial charge in [0, 0.05) is 30.4 Å². The van der Waals surface area contributed by atoms with Gasteiger partial charge in [-0.1, -0.05) is 66.7 Å². The number of nitrogens with one attached hydrogen (secondary N) is 2. The summed E-state index contributed by atoms with van der Waals surface area (Å²) in [5.74, 6) is -2.84. The standard InChI is InChI=1S/C51H49N5O8/c1-52-22-10-24-55-46(44(50(59)60)40-18-6-7-19-41(40)48(55)57)34-13-9-17-38(27-34)64-37-16-8-12-32(26-37)33-20-21-42-43(29-33)45(51(61)62)47(56(49(42)58)25-11-23-53-2)35-28-39(31-54-30-35)63-36-14-4-3-5-15-36/h3-9,12-21,26-31,44-47,52-53H,10-11,22-25H2,1-2H3,(H,59,60)(H,61,62)/t44-,45+,46+,47-/m0/s1. The molecule has 8 rings (SSSR count). The Morgan fingerprint density at radius 3 is 1.80 bits per heavy atom. The van der Waals surface area contributed by atoms with E-state index in [-0.39, 0.29) is 11.8 Å². The zero-order chi connectivity index (χ0) is 44.7. The van der Waals surface area contributed by atoms with Crippen molar-refractivity contribution >= 4 is 23.8 Å². The summed E-state index contributed by atoms with van der Waals surface area (Å²) >= 11 is 0. The molecule has 0 fully saturated rings. The SMILES string of the molecule is CNCCCN1C(=O)c2ccccc2[C@H](C(=O)O)[C@H]1c1cccc(Oc2cccc(-c3ccc4c(c3)[C@@H](C(=O)O)[C@H](c3cncc(Oc5ccccc5)c3)N(CCCNC)C4=O)c2)c1. The summed E-state index contributed by atoms with van der Waals surface area (Å²) in [5, 5.41) is 27.8. The highest BCUT2D eigenvalue weighted by molar-refractivity contribution is 6.01. The van der Waals surface area contributed by atoms with Crippen LogP contribution in [0.5, 0.6) is 23.0 Å². The summed E-state index contributed by atoms with van der Waals surface area (Å²) in [6.45, 7) is 1.95. The van der Waals surface area contributed by atoms with Crippen LogP contribution in [0.15, 0.2) is 140 Å². The molecule has 0 saturated carbocycles. The highest BCUT2D eigenvalue weighted by atomic mass is 16.5. The van der Waals surface area contributed by atoms with Crippen molar-refractivity contribution in [2.24, 2.45) is 0 Å². The number of para-hydroxylation sites is 1. The topological polar surface area (TPSA) is 171 Å². The molecule has 0 unspecified atom stereocenters. The lowest BCUT2D eigenvalue weighted by molar-refractivity contribution is -0.141. The summed E-state index contributed by atoms with van der Waals surface area (Å²) in [6.07, 6.45) is 4.38. The summed E-state index contributed by atoms with van der Waals surface area (Å²) in [6, 6.07) is 35.9. The number of hydrogen-bond acceptors (Lipinski definition) is 9. The van der Waals surface area contributed by atoms with Gasteiger partial charge in [-0.05, 0) is 134 Å². The fourth-order valence-electron chi connectivity index (χ4n) is 8.95. The van der Waals surface area contributed by atoms with Crippen LogP contribution in [0.4, 0.5) is 0 Å². The lowest BCUT2D eigenvalue weighted by atomic mass is 9.79. The molecule has 0 radical (unpaired) electrons. The van der Waals surface area contributed by atoms with Gasteiger partial charge < -0.3 is 40.1 Å². The zero-order valence-corrected chi connectivity index (χ0v) is 35.5. The molecular weight excluding hydrogens is 811 g/mol. The molecule has 6 aromatic rings. The van der Waals surface area contributed by atoms with Crippen molar-refractivity contribution in [1.29, 1.82) is 0 Å². The Morgan fingerprint density at radius 2 is 1.11 bits per heavy atom. The Morgan fingerprint density at radius 1 is 0.562 bits per heavy atom. The molecule has 326 valence electrons. The molecule has 4 atom stereocenters. The first kappa shape index (κ1) is 43.3. The Bertz CT molecular complexity index is 2670. The molecule has 4 N–H and O–H groups in total. The van der Waals surface area contributed by atoms with Crippen molar-refractivity contribution < 1.29 is 38.9 Å². The average Bonchev–Trinajstić information content (AvgIpc) is 3.30. The first-order valence-corrected chi connectivity index (χ1v) is 21.3. The Labute approximate surface area is 371 Å². The van der Waals surface area contributed by atoms with E-state index in [1.165, 1.54) is 0 Å². The normalized spacial score (nSPS) is 18.0. The number of carbonyl (C=O) groups excluding carboxylic acids is 2. The van der Waals surface area contributed by atoms with Crippen molar-refractivity contribution in [2.75, 3.05) is 40.3 Å². The van der Waals surface area contributed by atoms with E-state index >= 15 is 0 Å². The molecule has 2 aliphatic rings. The number of nitrogens with zero attached hydrogens (tertiary/aromatic N) is 3. The van der Waals surface area contributed by atoms with Crippen LogP contribution in [0.25, 0.3) is 11.1 Å². The number of aromatic nitrogens is 1. The van der Waals surface area contributed by atoms with Gasteiger partial charge in [0.2, 0.25) is 0 Å². The first-order valence-electron chi connectivity index (χ1n) is 21.3. The number of hydrogen-bond donors (Lipinski definition) is 4. The van der Waals surface area contributed by atoms with Gasteiger partial charge >= 0.3 is 11.9 Å². The highest BCUT2D eigenvalue weighted by Gasteiger charge is 2.46. The van der Waals surface area contributed by atoms with Gasteiger partial charge in [-0.25, -0.2) is 0 Å². The van der Waals surface area contributed by atoms with E-state index in [0.29, 0.717) is 101 Å². The third kappa shape index (κ3) is 8.94. The van der Waals surface area contributed by atoms with Crippen LogP contribution in [0.2, 0.25) is 0 Å². The molecule has 64 heavy (non-hydrogen) atoms. The average molecular weight is 860 g/mol. The molecule has 0 saturated heterocycles. The smallest absolute Gasteiger partial charge is 0.313 e. The first-order chi connectivity index (χ1) is 31.2. The summed E-state index contributed by atoms with van der Waals surface area (Å²) in [4.78, 5) is 62.5. The van der Waals surface area contributed by atoms with Gasteiger partial charge in [0.1, 0.15) is 34.8 Å². The Balaban J connectivity index is 1.11. The number of benzene rings is 5. The van der Waals surface area contributed by atoms with E-state index in [0.717, 1.165) is 5.56 Å². The molecule has 0 bridgehead atoms. The predicted octanol–water partition coefficient (Wildman–Crippen LogP) is 8.28. The second kappa shape index (κ2) is 19.4. The van der Waals surface area contributed by atoms with Crippen molar-refractivity contribution in [3.63, 3.8) is 0 Å². The van der Waals surface area contributed by atoms with Crippen LogP contribution < -0.4 is 20.1 Å². The van der Waals surface area contributed by atoms with E-state index in [2.05, 4.69) is 15.6 Å². The lowest BCUT2D eigenvalue weighted by Crippen LogP contribution is -2.45. The molecule has 0 aliphatic carbocycles. The number of carboxylic acid groups (broad SMARTS) is 2. The maximum absolute atomic E-state index is 14.4. The fraction of sp³-hybridized carbons (Fsp3) is 0.235. The highest BCUT2D eigenvalue weighted by Crippen LogP contribution is 2.46. The van der Waals surface area contributed by atoms with Crippen molar-refractivity contribution in [3.8, 4) is 34.1 Å². The van der Waals surface area contributed by atoms with Gasteiger partial charge in [0.05, 0.1) is 18.3 Å². The number of rotatable bonds is 17. The molecule has 2 amide bonds. The lowest BCUT2D eigenvalue weighted by Gasteiger charge is -2.41. The third-order valence-electron chi connectivity index (χ3n) is 11.8. The second-order valence-corrected chi connectivity index (χ2v) is 15.9. The minimum Gasteiger partial charge on any atom is -0.481 e. The molecule has 2 aliphatic heterocycles. The van der Waals surface area contributed by atoms with Crippen LogP contribution in [-0.2, 0) is 9.59 Å². The number of amides is 2. The predicted molar refractivity (Wildman–Crippen MR) is 241 cm³/mol. The number of ether oxygens (including phenoxy) is 2. The number of carbonyl (C=O) groups is 4. The number of carboxylic acids is 2. The molecular formula is C51H49N5O8. The van der Waals surface area contributed by atoms with Crippen LogP contribution in [-0.4, -0.2) is 89.0 Å². The van der Waals surface area contributed by atoms with Gasteiger partial charge in [-0.15, -0.1) is 0 Å². The van der Waals surface area contributed by atoms with Crippen LogP contribution in [0.1, 0.15) is 79.7 Å². The molecule has 5 aromatic carbocycles. The zero-order valence-electron chi connectivity index (χ0n) is 35.5. The van der Waals surface area contributed by atoms with E-state index in [1.54, 1.807) is 88.9 Å². The number of aliphatic carboxylic acids is 2. The van der Waals surface area contributed by atoms with Crippen molar-refractivity contribution in [1.82, 2.24) is 25.4 Å². The molecule has 13 heteroatoms. The maximum Gasteiger partial charge on any atom is 0.313 e. The van der Waals surface area contributed by atoms with Crippen LogP contribution >= 0.6 is 0 Å². The molecule has 0 spiro atoms. The van der Waals surface area contributed by atoms with Crippen LogP contribution in [0.3, 0.4) is 0 Å². The van der Waals surface area contributed by atoms with Gasteiger partial charge in [-0.3, -0.25) is 24.2 Å². The van der Waals surface area contributed by atoms with Crippen molar-refractivity contribution in [2.45, 2.75) is 36.8 Å². The molecule has 3 heterocycles. The number of pyridine rings is 1. The molecule has 13 nitrogen and oxygen atoms in total. The fourth-order valence-corrected chi connectivity index (χ4v) is 8.95. The van der Waals surface area contributed by atoms with E-state index < -0.39 is 35.9 Å². The third-order valence-corrected chi connectivity index (χ3v) is 11.8. The Kier molecular flexibility index (Phi) is 13.1. The summed E-state index contributed by atoms with van der Waals surface area (Å²) < 4.78 is 12.5. The van der Waals surface area contributed by atoms with Gasteiger partial charge in [0.15, 0.2) is 0 Å². The van der Waals surface area contributed by atoms with E-state index in [4.69, 9.17) is 9.47 Å². The van der Waals surface area contributed by atoms with E-state index in [9.17, 15) is 29.4 Å².